The second-order valence-corrected chi connectivity index (χ2v) is 2.08. The molecule has 4 nitrogen and oxygen atoms in total. The SMILES string of the molecule is COC(CC(N)CO)OC. The van der Waals surface area contributed by atoms with Gasteiger partial charge in [-0.05, 0) is 0 Å². The smallest absolute Gasteiger partial charge is 0.158 e. The van der Waals surface area contributed by atoms with Gasteiger partial charge in [0.25, 0.3) is 0 Å². The van der Waals surface area contributed by atoms with Crippen LogP contribution in [0.2, 0.25) is 0 Å². The van der Waals surface area contributed by atoms with E-state index < -0.39 is 0 Å². The fourth-order valence-electron chi connectivity index (χ4n) is 0.610. The third-order valence-electron chi connectivity index (χ3n) is 1.26. The minimum Gasteiger partial charge on any atom is -0.395 e. The molecule has 0 aromatic rings. The van der Waals surface area contributed by atoms with Crippen molar-refractivity contribution in [3.8, 4) is 0 Å². The molecule has 0 saturated carbocycles. The summed E-state index contributed by atoms with van der Waals surface area (Å²) in [6.45, 7) is -0.0385. The largest absolute Gasteiger partial charge is 0.395 e. The Morgan fingerprint density at radius 3 is 2.20 bits per heavy atom. The van der Waals surface area contributed by atoms with Gasteiger partial charge in [-0.2, -0.15) is 0 Å². The first kappa shape index (κ1) is 9.84. The van der Waals surface area contributed by atoms with Gasteiger partial charge in [-0.3, -0.25) is 0 Å². The van der Waals surface area contributed by atoms with E-state index in [1.807, 2.05) is 0 Å². The Balaban J connectivity index is 3.41. The van der Waals surface area contributed by atoms with Crippen molar-refractivity contribution >= 4 is 0 Å². The molecule has 0 aromatic heterocycles. The van der Waals surface area contributed by atoms with Crippen LogP contribution < -0.4 is 5.73 Å². The number of methoxy groups -OCH3 is 2. The van der Waals surface area contributed by atoms with Crippen molar-refractivity contribution in [1.82, 2.24) is 0 Å². The molecule has 0 bridgehead atoms. The van der Waals surface area contributed by atoms with Gasteiger partial charge in [-0.1, -0.05) is 0 Å². The van der Waals surface area contributed by atoms with Crippen molar-refractivity contribution < 1.29 is 14.6 Å². The lowest BCUT2D eigenvalue weighted by molar-refractivity contribution is -0.110. The average Bonchev–Trinajstić information content (AvgIpc) is 1.99. The molecular formula is C6H15NO3. The summed E-state index contributed by atoms with van der Waals surface area (Å²) in [5.41, 5.74) is 5.42. The average molecular weight is 149 g/mol. The van der Waals surface area contributed by atoms with Gasteiger partial charge in [0.2, 0.25) is 0 Å². The maximum absolute atomic E-state index is 8.54. The zero-order valence-electron chi connectivity index (χ0n) is 6.41. The van der Waals surface area contributed by atoms with Crippen LogP contribution >= 0.6 is 0 Å². The molecule has 0 saturated heterocycles. The van der Waals surface area contributed by atoms with E-state index in [-0.39, 0.29) is 18.9 Å². The van der Waals surface area contributed by atoms with Crippen LogP contribution in [0, 0.1) is 0 Å². The summed E-state index contributed by atoms with van der Waals surface area (Å²) < 4.78 is 9.72. The minimum atomic E-state index is -0.304. The summed E-state index contributed by atoms with van der Waals surface area (Å²) >= 11 is 0. The Morgan fingerprint density at radius 1 is 1.40 bits per heavy atom. The Kier molecular flexibility index (Phi) is 5.52. The van der Waals surface area contributed by atoms with E-state index in [4.69, 9.17) is 20.3 Å². The summed E-state index contributed by atoms with van der Waals surface area (Å²) in [6, 6.07) is -0.259. The van der Waals surface area contributed by atoms with Crippen molar-refractivity contribution in [1.29, 1.82) is 0 Å². The number of aliphatic hydroxyl groups excluding tert-OH is 1. The van der Waals surface area contributed by atoms with Crippen molar-refractivity contribution in [2.75, 3.05) is 20.8 Å². The predicted octanol–water partition coefficient (Wildman–Crippen LogP) is -0.685. The number of hydrogen-bond donors (Lipinski definition) is 2. The second kappa shape index (κ2) is 5.61. The molecule has 0 aliphatic carbocycles. The summed E-state index contributed by atoms with van der Waals surface area (Å²) in [5.74, 6) is 0. The molecule has 0 aliphatic rings. The summed E-state index contributed by atoms with van der Waals surface area (Å²) in [6.07, 6.45) is 0.214. The zero-order valence-corrected chi connectivity index (χ0v) is 6.41. The number of nitrogens with two attached hydrogens (primary N) is 1. The topological polar surface area (TPSA) is 64.7 Å². The van der Waals surface area contributed by atoms with Gasteiger partial charge in [0.1, 0.15) is 0 Å². The Morgan fingerprint density at radius 2 is 1.90 bits per heavy atom. The quantitative estimate of drug-likeness (QED) is 0.508. The van der Waals surface area contributed by atoms with Crippen LogP contribution in [0.1, 0.15) is 6.42 Å². The summed E-state index contributed by atoms with van der Waals surface area (Å²) in [7, 11) is 3.08. The molecule has 0 aliphatic heterocycles. The molecule has 1 atom stereocenters. The predicted molar refractivity (Wildman–Crippen MR) is 37.5 cm³/mol. The molecule has 62 valence electrons. The van der Waals surface area contributed by atoms with Gasteiger partial charge in [0.15, 0.2) is 6.29 Å². The first-order valence-electron chi connectivity index (χ1n) is 3.16. The number of hydrogen-bond acceptors (Lipinski definition) is 4. The lowest BCUT2D eigenvalue weighted by Crippen LogP contribution is -2.31. The van der Waals surface area contributed by atoms with Crippen LogP contribution in [-0.2, 0) is 9.47 Å². The third kappa shape index (κ3) is 3.79. The van der Waals surface area contributed by atoms with Gasteiger partial charge in [0.05, 0.1) is 6.61 Å². The number of rotatable bonds is 5. The minimum absolute atomic E-state index is 0.0385. The summed E-state index contributed by atoms with van der Waals surface area (Å²) in [4.78, 5) is 0. The number of ether oxygens (including phenoxy) is 2. The monoisotopic (exact) mass is 149 g/mol. The number of aliphatic hydroxyl groups is 1. The highest BCUT2D eigenvalue weighted by molar-refractivity contribution is 4.60. The van der Waals surface area contributed by atoms with E-state index in [0.29, 0.717) is 6.42 Å². The first-order valence-corrected chi connectivity index (χ1v) is 3.16. The van der Waals surface area contributed by atoms with Crippen molar-refractivity contribution in [2.24, 2.45) is 5.73 Å². The molecule has 1 unspecified atom stereocenters. The third-order valence-corrected chi connectivity index (χ3v) is 1.26. The molecule has 0 amide bonds. The van der Waals surface area contributed by atoms with E-state index >= 15 is 0 Å². The van der Waals surface area contributed by atoms with Crippen LogP contribution in [0.25, 0.3) is 0 Å². The van der Waals surface area contributed by atoms with E-state index in [0.717, 1.165) is 0 Å². The van der Waals surface area contributed by atoms with Gasteiger partial charge >= 0.3 is 0 Å². The molecule has 10 heavy (non-hydrogen) atoms. The molecule has 0 spiro atoms. The van der Waals surface area contributed by atoms with Crippen molar-refractivity contribution in [3.05, 3.63) is 0 Å². The molecule has 0 heterocycles. The zero-order chi connectivity index (χ0) is 7.98. The van der Waals surface area contributed by atoms with E-state index in [9.17, 15) is 0 Å². The molecule has 3 N–H and O–H groups in total. The van der Waals surface area contributed by atoms with Gasteiger partial charge < -0.3 is 20.3 Å². The van der Waals surface area contributed by atoms with Crippen LogP contribution in [0.3, 0.4) is 0 Å². The maximum atomic E-state index is 8.54. The van der Waals surface area contributed by atoms with Crippen LogP contribution in [0.4, 0.5) is 0 Å². The summed E-state index contributed by atoms with van der Waals surface area (Å²) in [5, 5.41) is 8.54. The highest BCUT2D eigenvalue weighted by Gasteiger charge is 2.09. The molecule has 4 heteroatoms. The van der Waals surface area contributed by atoms with Gasteiger partial charge in [-0.15, -0.1) is 0 Å². The van der Waals surface area contributed by atoms with Crippen molar-refractivity contribution in [3.63, 3.8) is 0 Å². The van der Waals surface area contributed by atoms with E-state index in [1.165, 1.54) is 14.2 Å². The molecule has 0 radical (unpaired) electrons. The normalized spacial score (nSPS) is 14.1. The lowest BCUT2D eigenvalue weighted by Gasteiger charge is -2.16. The lowest BCUT2D eigenvalue weighted by atomic mass is 10.2. The standard InChI is InChI=1S/C6H15NO3/c1-9-6(10-2)3-5(7)4-8/h5-6,8H,3-4,7H2,1-2H3. The molecular weight excluding hydrogens is 134 g/mol. The molecule has 0 aromatic carbocycles. The fourth-order valence-corrected chi connectivity index (χ4v) is 0.610. The Labute approximate surface area is 60.9 Å². The molecule has 0 rings (SSSR count). The van der Waals surface area contributed by atoms with Gasteiger partial charge in [-0.25, -0.2) is 0 Å². The van der Waals surface area contributed by atoms with Crippen LogP contribution in [-0.4, -0.2) is 38.3 Å². The van der Waals surface area contributed by atoms with Crippen LogP contribution in [0.15, 0.2) is 0 Å². The fraction of sp³-hybridized carbons (Fsp3) is 1.00. The van der Waals surface area contributed by atoms with E-state index in [1.54, 1.807) is 0 Å². The Hall–Kier alpha value is -0.160. The highest BCUT2D eigenvalue weighted by Crippen LogP contribution is 1.99. The Bertz CT molecular complexity index is 75.4. The first-order chi connectivity index (χ1) is 4.74. The second-order valence-electron chi connectivity index (χ2n) is 2.08. The highest BCUT2D eigenvalue weighted by atomic mass is 16.7. The van der Waals surface area contributed by atoms with Crippen molar-refractivity contribution in [2.45, 2.75) is 18.8 Å². The van der Waals surface area contributed by atoms with Gasteiger partial charge in [0, 0.05) is 26.7 Å². The van der Waals surface area contributed by atoms with E-state index in [2.05, 4.69) is 0 Å². The van der Waals surface area contributed by atoms with Crippen LogP contribution in [0.5, 0.6) is 0 Å². The molecule has 0 fully saturated rings. The maximum Gasteiger partial charge on any atom is 0.158 e.